The van der Waals surface area contributed by atoms with Gasteiger partial charge in [0.05, 0.1) is 19.8 Å². The van der Waals surface area contributed by atoms with E-state index in [1.54, 1.807) is 43.5 Å². The summed E-state index contributed by atoms with van der Waals surface area (Å²) in [4.78, 5) is 20.2. The number of thioether (sulfide) groups is 1. The van der Waals surface area contributed by atoms with E-state index < -0.39 is 0 Å². The molecule has 2 aromatic carbocycles. The molecular weight excluding hydrogens is 416 g/mol. The van der Waals surface area contributed by atoms with Crippen LogP contribution in [0.1, 0.15) is 27.2 Å². The Balaban J connectivity index is 1.70. The minimum atomic E-state index is -0.385. The lowest BCUT2D eigenvalue weighted by Crippen LogP contribution is -2.08. The first-order chi connectivity index (χ1) is 15.0. The van der Waals surface area contributed by atoms with Gasteiger partial charge in [-0.25, -0.2) is 14.8 Å². The number of nitrogens with two attached hydrogens (primary N) is 1. The molecule has 1 heterocycles. The molecule has 0 radical (unpaired) electrons. The summed E-state index contributed by atoms with van der Waals surface area (Å²) < 4.78 is 15.6. The predicted octanol–water partition coefficient (Wildman–Crippen LogP) is 3.60. The maximum atomic E-state index is 11.5. The first kappa shape index (κ1) is 21.9. The quantitative estimate of drug-likeness (QED) is 0.321. The number of rotatable bonds is 8. The Labute approximate surface area is 184 Å². The third-order valence-corrected chi connectivity index (χ3v) is 5.20. The van der Waals surface area contributed by atoms with Crippen molar-refractivity contribution in [3.05, 3.63) is 70.9 Å². The van der Waals surface area contributed by atoms with Crippen molar-refractivity contribution in [2.24, 2.45) is 0 Å². The van der Waals surface area contributed by atoms with Crippen molar-refractivity contribution in [2.45, 2.75) is 17.5 Å². The third-order valence-electron chi connectivity index (χ3n) is 4.28. The van der Waals surface area contributed by atoms with Gasteiger partial charge >= 0.3 is 5.97 Å². The largest absolute Gasteiger partial charge is 0.497 e. The van der Waals surface area contributed by atoms with Gasteiger partial charge < -0.3 is 19.9 Å². The Morgan fingerprint density at radius 2 is 1.74 bits per heavy atom. The maximum Gasteiger partial charge on any atom is 0.337 e. The highest BCUT2D eigenvalue weighted by molar-refractivity contribution is 7.98. The molecule has 158 valence electrons. The standard InChI is InChI=1S/C22H20N4O4S/c1-28-16-7-9-17(10-8-16)30-12-19-18(11-23)20(24)26-22(25-19)31-13-14-3-5-15(6-4-14)21(27)29-2/h3-10H,12-13H2,1-2H3,(H2,24,25,26). The van der Waals surface area contributed by atoms with E-state index in [1.165, 1.54) is 18.9 Å². The smallest absolute Gasteiger partial charge is 0.337 e. The van der Waals surface area contributed by atoms with E-state index in [4.69, 9.17) is 19.9 Å². The summed E-state index contributed by atoms with van der Waals surface area (Å²) in [7, 11) is 2.93. The van der Waals surface area contributed by atoms with Crippen LogP contribution in [0, 0.1) is 11.3 Å². The van der Waals surface area contributed by atoms with Crippen LogP contribution in [0.5, 0.6) is 11.5 Å². The molecule has 0 spiro atoms. The van der Waals surface area contributed by atoms with Crippen molar-refractivity contribution in [2.75, 3.05) is 20.0 Å². The number of aromatic nitrogens is 2. The van der Waals surface area contributed by atoms with Crippen LogP contribution in [0.15, 0.2) is 53.7 Å². The minimum Gasteiger partial charge on any atom is -0.497 e. The molecule has 0 saturated carbocycles. The van der Waals surface area contributed by atoms with E-state index in [9.17, 15) is 10.1 Å². The Hall–Kier alpha value is -3.77. The molecule has 0 aliphatic rings. The first-order valence-corrected chi connectivity index (χ1v) is 10.2. The molecule has 0 amide bonds. The Morgan fingerprint density at radius 3 is 2.35 bits per heavy atom. The fourth-order valence-electron chi connectivity index (χ4n) is 2.62. The Bertz CT molecular complexity index is 1100. The first-order valence-electron chi connectivity index (χ1n) is 9.17. The van der Waals surface area contributed by atoms with Crippen LogP contribution in [-0.4, -0.2) is 30.2 Å². The maximum absolute atomic E-state index is 11.5. The van der Waals surface area contributed by atoms with E-state index >= 15 is 0 Å². The van der Waals surface area contributed by atoms with Crippen LogP contribution in [-0.2, 0) is 17.1 Å². The van der Waals surface area contributed by atoms with Gasteiger partial charge in [0, 0.05) is 5.75 Å². The summed E-state index contributed by atoms with van der Waals surface area (Å²) in [5.74, 6) is 1.61. The van der Waals surface area contributed by atoms with Gasteiger partial charge in [-0.1, -0.05) is 23.9 Å². The highest BCUT2D eigenvalue weighted by Gasteiger charge is 2.14. The number of nitrogens with zero attached hydrogens (tertiary/aromatic N) is 3. The fourth-order valence-corrected chi connectivity index (χ4v) is 3.45. The molecule has 0 aliphatic carbocycles. The molecule has 0 saturated heterocycles. The average molecular weight is 436 g/mol. The third kappa shape index (κ3) is 5.65. The van der Waals surface area contributed by atoms with Crippen molar-refractivity contribution in [3.8, 4) is 17.6 Å². The summed E-state index contributed by atoms with van der Waals surface area (Å²) in [5, 5.41) is 9.86. The van der Waals surface area contributed by atoms with Gasteiger partial charge in [0.1, 0.15) is 41.3 Å². The number of hydrogen-bond donors (Lipinski definition) is 1. The molecule has 31 heavy (non-hydrogen) atoms. The van der Waals surface area contributed by atoms with Gasteiger partial charge in [-0.05, 0) is 42.0 Å². The molecule has 2 N–H and O–H groups in total. The van der Waals surface area contributed by atoms with E-state index in [-0.39, 0.29) is 24.0 Å². The van der Waals surface area contributed by atoms with E-state index in [1.807, 2.05) is 18.2 Å². The second-order valence-corrected chi connectivity index (χ2v) is 7.21. The van der Waals surface area contributed by atoms with E-state index in [0.717, 1.165) is 11.3 Å². The lowest BCUT2D eigenvalue weighted by atomic mass is 10.1. The molecule has 0 unspecified atom stereocenters. The van der Waals surface area contributed by atoms with E-state index in [2.05, 4.69) is 9.97 Å². The number of carbonyl (C=O) groups is 1. The van der Waals surface area contributed by atoms with Crippen LogP contribution in [0.4, 0.5) is 5.82 Å². The van der Waals surface area contributed by atoms with E-state index in [0.29, 0.717) is 27.9 Å². The Morgan fingerprint density at radius 1 is 1.06 bits per heavy atom. The van der Waals surface area contributed by atoms with Gasteiger partial charge in [0.25, 0.3) is 0 Å². The number of methoxy groups -OCH3 is 2. The molecule has 0 atom stereocenters. The number of esters is 1. The van der Waals surface area contributed by atoms with Gasteiger partial charge in [0.15, 0.2) is 5.16 Å². The fraction of sp³-hybridized carbons (Fsp3) is 0.182. The summed E-state index contributed by atoms with van der Waals surface area (Å²) in [6, 6.07) is 16.2. The van der Waals surface area contributed by atoms with Gasteiger partial charge in [-0.15, -0.1) is 0 Å². The molecule has 3 rings (SSSR count). The molecular formula is C22H20N4O4S. The van der Waals surface area contributed by atoms with Crippen LogP contribution in [0.2, 0.25) is 0 Å². The number of benzene rings is 2. The topological polar surface area (TPSA) is 120 Å². The van der Waals surface area contributed by atoms with Crippen molar-refractivity contribution in [1.29, 1.82) is 5.26 Å². The summed E-state index contributed by atoms with van der Waals surface area (Å²) in [6.45, 7) is 0.0727. The van der Waals surface area contributed by atoms with Gasteiger partial charge in [-0.2, -0.15) is 5.26 Å². The molecule has 0 fully saturated rings. The zero-order valence-corrected chi connectivity index (χ0v) is 17.8. The zero-order valence-electron chi connectivity index (χ0n) is 17.0. The average Bonchev–Trinajstić information content (AvgIpc) is 2.81. The molecule has 8 nitrogen and oxygen atoms in total. The normalized spacial score (nSPS) is 10.2. The van der Waals surface area contributed by atoms with Gasteiger partial charge in [-0.3, -0.25) is 0 Å². The number of anilines is 1. The summed E-state index contributed by atoms with van der Waals surface area (Å²) >= 11 is 1.37. The molecule has 0 aliphatic heterocycles. The Kier molecular flexibility index (Phi) is 7.30. The van der Waals surface area contributed by atoms with Crippen molar-refractivity contribution in [1.82, 2.24) is 9.97 Å². The van der Waals surface area contributed by atoms with Crippen LogP contribution < -0.4 is 15.2 Å². The molecule has 9 heteroatoms. The number of nitriles is 1. The van der Waals surface area contributed by atoms with Gasteiger partial charge in [0.2, 0.25) is 0 Å². The summed E-state index contributed by atoms with van der Waals surface area (Å²) in [5.41, 5.74) is 8.02. The van der Waals surface area contributed by atoms with Crippen LogP contribution in [0.25, 0.3) is 0 Å². The highest BCUT2D eigenvalue weighted by atomic mass is 32.2. The van der Waals surface area contributed by atoms with Crippen molar-refractivity contribution >= 4 is 23.5 Å². The van der Waals surface area contributed by atoms with Crippen molar-refractivity contribution < 1.29 is 19.0 Å². The number of carbonyl (C=O) groups excluding carboxylic acids is 1. The molecule has 3 aromatic rings. The second-order valence-electron chi connectivity index (χ2n) is 6.27. The van der Waals surface area contributed by atoms with Crippen molar-refractivity contribution in [3.63, 3.8) is 0 Å². The number of hydrogen-bond acceptors (Lipinski definition) is 9. The SMILES string of the molecule is COC(=O)c1ccc(CSc2nc(N)c(C#N)c(COc3ccc(OC)cc3)n2)cc1. The highest BCUT2D eigenvalue weighted by Crippen LogP contribution is 2.25. The lowest BCUT2D eigenvalue weighted by molar-refractivity contribution is 0.0600. The molecule has 1 aromatic heterocycles. The predicted molar refractivity (Wildman–Crippen MR) is 116 cm³/mol. The molecule has 0 bridgehead atoms. The monoisotopic (exact) mass is 436 g/mol. The second kappa shape index (κ2) is 10.3. The van der Waals surface area contributed by atoms with Crippen LogP contribution in [0.3, 0.4) is 0 Å². The summed E-state index contributed by atoms with van der Waals surface area (Å²) in [6.07, 6.45) is 0. The minimum absolute atomic E-state index is 0.0727. The lowest BCUT2D eigenvalue weighted by Gasteiger charge is -2.10. The zero-order chi connectivity index (χ0) is 22.2. The number of nitrogen functional groups attached to an aromatic ring is 1. The van der Waals surface area contributed by atoms with Crippen LogP contribution >= 0.6 is 11.8 Å². The number of ether oxygens (including phenoxy) is 3.